The third-order valence-electron chi connectivity index (χ3n) is 4.41. The fraction of sp³-hybridized carbons (Fsp3) is 0.0909. The van der Waals surface area contributed by atoms with Gasteiger partial charge in [-0.1, -0.05) is 42.5 Å². The molecule has 0 fully saturated rings. The van der Waals surface area contributed by atoms with Crippen molar-refractivity contribution in [2.45, 2.75) is 11.4 Å². The third-order valence-corrected chi connectivity index (χ3v) is 5.36. The second-order valence-electron chi connectivity index (χ2n) is 6.30. The van der Waals surface area contributed by atoms with Crippen LogP contribution in [-0.2, 0) is 6.54 Å². The molecule has 4 nitrogen and oxygen atoms in total. The summed E-state index contributed by atoms with van der Waals surface area (Å²) < 4.78 is 2.15. The third kappa shape index (κ3) is 4.18. The predicted molar refractivity (Wildman–Crippen MR) is 123 cm³/mol. The number of benzene rings is 3. The fourth-order valence-corrected chi connectivity index (χ4v) is 3.65. The van der Waals surface area contributed by atoms with Crippen LogP contribution in [0.4, 0.5) is 11.6 Å². The van der Waals surface area contributed by atoms with E-state index in [2.05, 4.69) is 51.8 Å². The molecule has 0 radical (unpaired) electrons. The zero-order valence-electron chi connectivity index (χ0n) is 15.4. The maximum atomic E-state index is 5.53. The molecule has 0 aliphatic rings. The molecule has 0 amide bonds. The van der Waals surface area contributed by atoms with Crippen LogP contribution in [0.3, 0.4) is 0 Å². The lowest BCUT2D eigenvalue weighted by Crippen LogP contribution is -2.21. The van der Waals surface area contributed by atoms with Gasteiger partial charge in [-0.2, -0.15) is 0 Å². The van der Waals surface area contributed by atoms with Crippen molar-refractivity contribution < 1.29 is 0 Å². The average molecular weight is 405 g/mol. The highest BCUT2D eigenvalue weighted by atomic mass is 32.2. The molecule has 3 aromatic carbocycles. The van der Waals surface area contributed by atoms with Gasteiger partial charge in [-0.15, -0.1) is 11.8 Å². The Kier molecular flexibility index (Phi) is 5.60. The highest BCUT2D eigenvalue weighted by molar-refractivity contribution is 7.98. The maximum absolute atomic E-state index is 5.53. The standard InChI is InChI=1S/C22H20N4S2/c1-28-18-13-11-17(12-14-18)23-22(27)25-21-24-19-9-5-6-10-20(19)26(21)15-16-7-3-2-4-8-16/h2-14H,15H2,1H3,(H2,23,24,25,27). The van der Waals surface area contributed by atoms with Crippen LogP contribution < -0.4 is 10.6 Å². The van der Waals surface area contributed by atoms with E-state index in [1.54, 1.807) is 11.8 Å². The first kappa shape index (κ1) is 18.5. The summed E-state index contributed by atoms with van der Waals surface area (Å²) in [5.41, 5.74) is 4.16. The minimum absolute atomic E-state index is 0.515. The number of thioether (sulfide) groups is 1. The average Bonchev–Trinajstić information content (AvgIpc) is 3.06. The van der Waals surface area contributed by atoms with E-state index in [1.807, 2.05) is 48.5 Å². The van der Waals surface area contributed by atoms with Gasteiger partial charge < -0.3 is 15.2 Å². The minimum Gasteiger partial charge on any atom is -0.332 e. The molecule has 140 valence electrons. The first-order chi connectivity index (χ1) is 13.7. The van der Waals surface area contributed by atoms with Crippen molar-refractivity contribution in [2.75, 3.05) is 16.9 Å². The summed E-state index contributed by atoms with van der Waals surface area (Å²) in [4.78, 5) is 5.96. The Hall–Kier alpha value is -2.83. The maximum Gasteiger partial charge on any atom is 0.210 e. The molecule has 0 aliphatic carbocycles. The van der Waals surface area contributed by atoms with Crippen LogP contribution in [0.1, 0.15) is 5.56 Å². The normalized spacial score (nSPS) is 10.8. The molecule has 0 atom stereocenters. The smallest absolute Gasteiger partial charge is 0.210 e. The fourth-order valence-electron chi connectivity index (χ4n) is 3.04. The molecule has 1 heterocycles. The summed E-state index contributed by atoms with van der Waals surface area (Å²) >= 11 is 7.24. The van der Waals surface area contributed by atoms with E-state index in [1.165, 1.54) is 10.5 Å². The van der Waals surface area contributed by atoms with E-state index in [9.17, 15) is 0 Å². The van der Waals surface area contributed by atoms with Crippen LogP contribution in [-0.4, -0.2) is 20.9 Å². The minimum atomic E-state index is 0.515. The second kappa shape index (κ2) is 8.46. The number of thiocarbonyl (C=S) groups is 1. The predicted octanol–water partition coefficient (Wildman–Crippen LogP) is 5.62. The molecule has 4 aromatic rings. The van der Waals surface area contributed by atoms with Crippen LogP contribution in [0, 0.1) is 0 Å². The lowest BCUT2D eigenvalue weighted by atomic mass is 10.2. The molecule has 2 N–H and O–H groups in total. The molecule has 0 aliphatic heterocycles. The molecule has 4 rings (SSSR count). The Bertz CT molecular complexity index is 1090. The van der Waals surface area contributed by atoms with Crippen molar-refractivity contribution >= 4 is 51.8 Å². The molecule has 0 saturated heterocycles. The van der Waals surface area contributed by atoms with Gasteiger partial charge in [-0.25, -0.2) is 4.98 Å². The number of nitrogens with one attached hydrogen (secondary N) is 2. The largest absolute Gasteiger partial charge is 0.332 e. The highest BCUT2D eigenvalue weighted by Gasteiger charge is 2.12. The highest BCUT2D eigenvalue weighted by Crippen LogP contribution is 2.22. The van der Waals surface area contributed by atoms with Crippen molar-refractivity contribution in [3.05, 3.63) is 84.4 Å². The molecule has 28 heavy (non-hydrogen) atoms. The van der Waals surface area contributed by atoms with Crippen LogP contribution in [0.15, 0.2) is 83.8 Å². The quantitative estimate of drug-likeness (QED) is 0.334. The Morgan fingerprint density at radius 3 is 2.39 bits per heavy atom. The van der Waals surface area contributed by atoms with E-state index in [0.717, 1.165) is 22.7 Å². The first-order valence-corrected chi connectivity index (χ1v) is 10.6. The molecule has 0 bridgehead atoms. The number of imidazole rings is 1. The van der Waals surface area contributed by atoms with Gasteiger partial charge in [0, 0.05) is 10.6 Å². The lowest BCUT2D eigenvalue weighted by Gasteiger charge is -2.13. The van der Waals surface area contributed by atoms with Crippen LogP contribution in [0.5, 0.6) is 0 Å². The van der Waals surface area contributed by atoms with E-state index >= 15 is 0 Å². The van der Waals surface area contributed by atoms with E-state index in [4.69, 9.17) is 17.2 Å². The van der Waals surface area contributed by atoms with Crippen LogP contribution in [0.25, 0.3) is 11.0 Å². The molecular weight excluding hydrogens is 384 g/mol. The number of rotatable bonds is 5. The van der Waals surface area contributed by atoms with Crippen molar-refractivity contribution in [2.24, 2.45) is 0 Å². The topological polar surface area (TPSA) is 41.9 Å². The van der Waals surface area contributed by atoms with Crippen molar-refractivity contribution in [1.82, 2.24) is 9.55 Å². The van der Waals surface area contributed by atoms with Gasteiger partial charge in [-0.3, -0.25) is 0 Å². The molecule has 0 saturated carbocycles. The molecular formula is C22H20N4S2. The van der Waals surface area contributed by atoms with Gasteiger partial charge >= 0.3 is 0 Å². The van der Waals surface area contributed by atoms with Gasteiger partial charge in [0.05, 0.1) is 17.6 Å². The van der Waals surface area contributed by atoms with Crippen LogP contribution >= 0.6 is 24.0 Å². The first-order valence-electron chi connectivity index (χ1n) is 8.94. The van der Waals surface area contributed by atoms with Gasteiger partial charge in [0.2, 0.25) is 5.95 Å². The lowest BCUT2D eigenvalue weighted by molar-refractivity contribution is 0.837. The number of hydrogen-bond acceptors (Lipinski definition) is 3. The molecule has 6 heteroatoms. The Balaban J connectivity index is 1.58. The molecule has 0 unspecified atom stereocenters. The summed E-state index contributed by atoms with van der Waals surface area (Å²) in [5.74, 6) is 0.725. The number of aromatic nitrogens is 2. The van der Waals surface area contributed by atoms with E-state index < -0.39 is 0 Å². The zero-order chi connectivity index (χ0) is 19.3. The Labute approximate surface area is 174 Å². The summed E-state index contributed by atoms with van der Waals surface area (Å²) in [6.07, 6.45) is 2.06. The van der Waals surface area contributed by atoms with E-state index in [-0.39, 0.29) is 0 Å². The van der Waals surface area contributed by atoms with Crippen molar-refractivity contribution in [3.8, 4) is 0 Å². The van der Waals surface area contributed by atoms with Gasteiger partial charge in [0.1, 0.15) is 0 Å². The van der Waals surface area contributed by atoms with Gasteiger partial charge in [0.15, 0.2) is 5.11 Å². The molecule has 0 spiro atoms. The Morgan fingerprint density at radius 1 is 0.929 bits per heavy atom. The second-order valence-corrected chi connectivity index (χ2v) is 7.59. The van der Waals surface area contributed by atoms with Crippen molar-refractivity contribution in [3.63, 3.8) is 0 Å². The van der Waals surface area contributed by atoms with Crippen molar-refractivity contribution in [1.29, 1.82) is 0 Å². The Morgan fingerprint density at radius 2 is 1.64 bits per heavy atom. The molecule has 1 aromatic heterocycles. The number of fused-ring (bicyclic) bond motifs is 1. The summed E-state index contributed by atoms with van der Waals surface area (Å²) in [6.45, 7) is 0.717. The summed E-state index contributed by atoms with van der Waals surface area (Å²) in [7, 11) is 0. The van der Waals surface area contributed by atoms with Gasteiger partial charge in [0.25, 0.3) is 0 Å². The number of para-hydroxylation sites is 2. The summed E-state index contributed by atoms with van der Waals surface area (Å²) in [5, 5.41) is 7.01. The van der Waals surface area contributed by atoms with E-state index in [0.29, 0.717) is 11.7 Å². The number of nitrogens with zero attached hydrogens (tertiary/aromatic N) is 2. The van der Waals surface area contributed by atoms with Gasteiger partial charge in [-0.05, 0) is 60.4 Å². The number of anilines is 2. The number of hydrogen-bond donors (Lipinski definition) is 2. The van der Waals surface area contributed by atoms with Crippen LogP contribution in [0.2, 0.25) is 0 Å². The summed E-state index contributed by atoms with van der Waals surface area (Å²) in [6, 6.07) is 26.6. The monoisotopic (exact) mass is 404 g/mol. The zero-order valence-corrected chi connectivity index (χ0v) is 17.1. The SMILES string of the molecule is CSc1ccc(NC(=S)Nc2nc3ccccc3n2Cc2ccccc2)cc1.